The highest BCUT2D eigenvalue weighted by Crippen LogP contribution is 2.18. The van der Waals surface area contributed by atoms with Gasteiger partial charge in [0.1, 0.15) is 0 Å². The SMILES string of the molecule is O=C(OCCc1ccccc1)c1ccc(S(=O)(=O)N2CCOCC2)cc1. The molecular weight excluding hydrogens is 354 g/mol. The highest BCUT2D eigenvalue weighted by Gasteiger charge is 2.26. The summed E-state index contributed by atoms with van der Waals surface area (Å²) in [5.41, 5.74) is 1.42. The Morgan fingerprint density at radius 2 is 1.65 bits per heavy atom. The third kappa shape index (κ3) is 4.49. The van der Waals surface area contributed by atoms with Crippen molar-refractivity contribution in [1.29, 1.82) is 0 Å². The highest BCUT2D eigenvalue weighted by molar-refractivity contribution is 7.89. The molecule has 1 saturated heterocycles. The van der Waals surface area contributed by atoms with Crippen molar-refractivity contribution < 1.29 is 22.7 Å². The fraction of sp³-hybridized carbons (Fsp3) is 0.316. The Labute approximate surface area is 153 Å². The molecule has 0 amide bonds. The predicted octanol–water partition coefficient (Wildman–Crippen LogP) is 2.11. The molecule has 0 spiro atoms. The number of rotatable bonds is 6. The number of sulfonamides is 1. The van der Waals surface area contributed by atoms with Crippen LogP contribution in [-0.2, 0) is 25.9 Å². The molecule has 0 saturated carbocycles. The minimum atomic E-state index is -3.56. The number of esters is 1. The number of benzene rings is 2. The number of morpholine rings is 1. The smallest absolute Gasteiger partial charge is 0.338 e. The second-order valence-electron chi connectivity index (χ2n) is 5.91. The van der Waals surface area contributed by atoms with E-state index in [0.29, 0.717) is 38.3 Å². The van der Waals surface area contributed by atoms with E-state index in [0.717, 1.165) is 5.56 Å². The molecule has 2 aromatic rings. The number of ether oxygens (including phenoxy) is 2. The van der Waals surface area contributed by atoms with Gasteiger partial charge in [0.05, 0.1) is 30.3 Å². The topological polar surface area (TPSA) is 72.9 Å². The van der Waals surface area contributed by atoms with Crippen molar-refractivity contribution >= 4 is 16.0 Å². The first-order valence-electron chi connectivity index (χ1n) is 8.46. The molecule has 0 unspecified atom stereocenters. The largest absolute Gasteiger partial charge is 0.462 e. The van der Waals surface area contributed by atoms with Crippen LogP contribution in [0.5, 0.6) is 0 Å². The average Bonchev–Trinajstić information content (AvgIpc) is 2.69. The van der Waals surface area contributed by atoms with E-state index in [-0.39, 0.29) is 11.5 Å². The minimum absolute atomic E-state index is 0.167. The molecule has 0 aliphatic carbocycles. The first kappa shape index (κ1) is 18.6. The summed E-state index contributed by atoms with van der Waals surface area (Å²) >= 11 is 0. The third-order valence-corrected chi connectivity index (χ3v) is 6.08. The molecule has 6 nitrogen and oxygen atoms in total. The fourth-order valence-electron chi connectivity index (χ4n) is 2.69. The summed E-state index contributed by atoms with van der Waals surface area (Å²) < 4.78 is 36.9. The standard InChI is InChI=1S/C19H21NO5S/c21-19(25-13-10-16-4-2-1-3-5-16)17-6-8-18(9-7-17)26(22,23)20-11-14-24-15-12-20/h1-9H,10-15H2. The van der Waals surface area contributed by atoms with E-state index in [4.69, 9.17) is 9.47 Å². The van der Waals surface area contributed by atoms with Crippen LogP contribution in [0.15, 0.2) is 59.5 Å². The number of hydrogen-bond acceptors (Lipinski definition) is 5. The van der Waals surface area contributed by atoms with E-state index >= 15 is 0 Å². The minimum Gasteiger partial charge on any atom is -0.462 e. The summed E-state index contributed by atoms with van der Waals surface area (Å²) in [6.45, 7) is 1.74. The fourth-order valence-corrected chi connectivity index (χ4v) is 4.10. The summed E-state index contributed by atoms with van der Waals surface area (Å²) in [5, 5.41) is 0. The van der Waals surface area contributed by atoms with Gasteiger partial charge in [-0.25, -0.2) is 13.2 Å². The molecule has 3 rings (SSSR count). The number of carbonyl (C=O) groups excluding carboxylic acids is 1. The molecule has 0 atom stereocenters. The molecule has 0 radical (unpaired) electrons. The van der Waals surface area contributed by atoms with Crippen LogP contribution in [0.4, 0.5) is 0 Å². The van der Waals surface area contributed by atoms with Crippen molar-refractivity contribution in [3.8, 4) is 0 Å². The molecule has 26 heavy (non-hydrogen) atoms. The van der Waals surface area contributed by atoms with Crippen LogP contribution in [-0.4, -0.2) is 51.6 Å². The molecule has 1 fully saturated rings. The molecular formula is C19H21NO5S. The number of nitrogens with zero attached hydrogens (tertiary/aromatic N) is 1. The van der Waals surface area contributed by atoms with Crippen molar-refractivity contribution in [3.63, 3.8) is 0 Å². The lowest BCUT2D eigenvalue weighted by molar-refractivity contribution is 0.0509. The predicted molar refractivity (Wildman–Crippen MR) is 96.4 cm³/mol. The van der Waals surface area contributed by atoms with Crippen LogP contribution < -0.4 is 0 Å². The van der Waals surface area contributed by atoms with Crippen molar-refractivity contribution in [3.05, 3.63) is 65.7 Å². The maximum absolute atomic E-state index is 12.6. The normalized spacial score (nSPS) is 15.5. The summed E-state index contributed by atoms with van der Waals surface area (Å²) in [4.78, 5) is 12.3. The van der Waals surface area contributed by atoms with Gasteiger partial charge in [0, 0.05) is 19.5 Å². The van der Waals surface area contributed by atoms with E-state index in [1.807, 2.05) is 30.3 Å². The van der Waals surface area contributed by atoms with E-state index in [2.05, 4.69) is 0 Å². The van der Waals surface area contributed by atoms with Gasteiger partial charge in [0.15, 0.2) is 0 Å². The van der Waals surface area contributed by atoms with Gasteiger partial charge >= 0.3 is 5.97 Å². The Morgan fingerprint density at radius 1 is 1.00 bits per heavy atom. The zero-order valence-corrected chi connectivity index (χ0v) is 15.2. The highest BCUT2D eigenvalue weighted by atomic mass is 32.2. The lowest BCUT2D eigenvalue weighted by Crippen LogP contribution is -2.40. The van der Waals surface area contributed by atoms with Crippen LogP contribution >= 0.6 is 0 Å². The molecule has 0 aromatic heterocycles. The molecule has 1 aliphatic heterocycles. The quantitative estimate of drug-likeness (QED) is 0.723. The second-order valence-corrected chi connectivity index (χ2v) is 7.85. The molecule has 0 bridgehead atoms. The molecule has 138 valence electrons. The Hall–Kier alpha value is -2.22. The Kier molecular flexibility index (Phi) is 6.03. The van der Waals surface area contributed by atoms with Gasteiger partial charge in [-0.05, 0) is 29.8 Å². The van der Waals surface area contributed by atoms with Crippen molar-refractivity contribution in [2.75, 3.05) is 32.9 Å². The Balaban J connectivity index is 1.59. The summed E-state index contributed by atoms with van der Waals surface area (Å²) in [6, 6.07) is 15.6. The van der Waals surface area contributed by atoms with Gasteiger partial charge in [-0.15, -0.1) is 0 Å². The average molecular weight is 375 g/mol. The molecule has 1 heterocycles. The van der Waals surface area contributed by atoms with Crippen LogP contribution in [0.25, 0.3) is 0 Å². The monoisotopic (exact) mass is 375 g/mol. The van der Waals surface area contributed by atoms with Gasteiger partial charge < -0.3 is 9.47 Å². The first-order chi connectivity index (χ1) is 12.6. The van der Waals surface area contributed by atoms with E-state index < -0.39 is 16.0 Å². The maximum atomic E-state index is 12.6. The third-order valence-electron chi connectivity index (χ3n) is 4.16. The summed E-state index contributed by atoms with van der Waals surface area (Å²) in [6.07, 6.45) is 0.635. The molecule has 7 heteroatoms. The van der Waals surface area contributed by atoms with Gasteiger partial charge in [-0.1, -0.05) is 30.3 Å². The lowest BCUT2D eigenvalue weighted by Gasteiger charge is -2.26. The number of hydrogen-bond donors (Lipinski definition) is 0. The van der Waals surface area contributed by atoms with E-state index in [1.54, 1.807) is 0 Å². The second kappa shape index (κ2) is 8.44. The molecule has 1 aliphatic rings. The molecule has 2 aromatic carbocycles. The van der Waals surface area contributed by atoms with Crippen molar-refractivity contribution in [2.24, 2.45) is 0 Å². The van der Waals surface area contributed by atoms with Gasteiger partial charge in [-0.3, -0.25) is 0 Å². The van der Waals surface area contributed by atoms with E-state index in [9.17, 15) is 13.2 Å². The van der Waals surface area contributed by atoms with Crippen LogP contribution in [0.1, 0.15) is 15.9 Å². The molecule has 0 N–H and O–H groups in total. The van der Waals surface area contributed by atoms with Gasteiger partial charge in [-0.2, -0.15) is 4.31 Å². The van der Waals surface area contributed by atoms with E-state index in [1.165, 1.54) is 28.6 Å². The van der Waals surface area contributed by atoms with Crippen molar-refractivity contribution in [2.45, 2.75) is 11.3 Å². The van der Waals surface area contributed by atoms with Crippen molar-refractivity contribution in [1.82, 2.24) is 4.31 Å². The Bertz CT molecular complexity index is 828. The van der Waals surface area contributed by atoms with Crippen LogP contribution in [0.3, 0.4) is 0 Å². The summed E-state index contributed by atoms with van der Waals surface area (Å²) in [5.74, 6) is -0.462. The van der Waals surface area contributed by atoms with Crippen LogP contribution in [0, 0.1) is 0 Å². The van der Waals surface area contributed by atoms with Gasteiger partial charge in [0.25, 0.3) is 0 Å². The van der Waals surface area contributed by atoms with Gasteiger partial charge in [0.2, 0.25) is 10.0 Å². The number of carbonyl (C=O) groups is 1. The Morgan fingerprint density at radius 3 is 2.31 bits per heavy atom. The zero-order chi connectivity index (χ0) is 18.4. The first-order valence-corrected chi connectivity index (χ1v) is 9.90. The lowest BCUT2D eigenvalue weighted by atomic mass is 10.2. The zero-order valence-electron chi connectivity index (χ0n) is 14.3. The maximum Gasteiger partial charge on any atom is 0.338 e. The van der Waals surface area contributed by atoms with Crippen LogP contribution in [0.2, 0.25) is 0 Å². The summed E-state index contributed by atoms with van der Waals surface area (Å²) in [7, 11) is -3.56.